The molecule has 2 aromatic rings. The van der Waals surface area contributed by atoms with Gasteiger partial charge >= 0.3 is 6.36 Å². The highest BCUT2D eigenvalue weighted by Gasteiger charge is 2.31. The van der Waals surface area contributed by atoms with Crippen molar-refractivity contribution in [2.75, 3.05) is 24.6 Å². The summed E-state index contributed by atoms with van der Waals surface area (Å²) in [5.41, 5.74) is 1.31. The van der Waals surface area contributed by atoms with E-state index in [1.54, 1.807) is 0 Å². The molecule has 1 saturated heterocycles. The van der Waals surface area contributed by atoms with Gasteiger partial charge in [-0.15, -0.1) is 13.2 Å². The molecule has 1 aliphatic rings. The number of halogens is 3. The number of anilines is 1. The van der Waals surface area contributed by atoms with Gasteiger partial charge in [-0.3, -0.25) is 0 Å². The first-order valence-corrected chi connectivity index (χ1v) is 9.78. The zero-order chi connectivity index (χ0) is 19.8. The standard InChI is InChI=1S/C22H26F3NO2/c23-22(24,25)28-21-11-9-20(10-12-21)27-17-5-4-6-18-13-15-26(16-14-18)19-7-2-1-3-8-19/h1-3,7-12,18H,4-6,13-17H2. The highest BCUT2D eigenvalue weighted by atomic mass is 19.4. The highest BCUT2D eigenvalue weighted by Crippen LogP contribution is 2.27. The molecule has 1 heterocycles. The number of unbranched alkanes of at least 4 members (excludes halogenated alkanes) is 1. The molecule has 0 unspecified atom stereocenters. The predicted octanol–water partition coefficient (Wildman–Crippen LogP) is 6.05. The highest BCUT2D eigenvalue weighted by molar-refractivity contribution is 5.46. The summed E-state index contributed by atoms with van der Waals surface area (Å²) in [6, 6.07) is 16.1. The monoisotopic (exact) mass is 393 g/mol. The Bertz CT molecular complexity index is 696. The summed E-state index contributed by atoms with van der Waals surface area (Å²) in [5.74, 6) is 1.09. The lowest BCUT2D eigenvalue weighted by Gasteiger charge is -2.33. The Labute approximate surface area is 164 Å². The zero-order valence-corrected chi connectivity index (χ0v) is 15.8. The van der Waals surface area contributed by atoms with Gasteiger partial charge < -0.3 is 14.4 Å². The van der Waals surface area contributed by atoms with Crippen LogP contribution in [0.2, 0.25) is 0 Å². The molecule has 3 nitrogen and oxygen atoms in total. The van der Waals surface area contributed by atoms with Gasteiger partial charge in [-0.25, -0.2) is 0 Å². The Kier molecular flexibility index (Phi) is 7.06. The van der Waals surface area contributed by atoms with Crippen molar-refractivity contribution in [1.82, 2.24) is 0 Å². The molecule has 0 bridgehead atoms. The Hall–Kier alpha value is -2.37. The molecular formula is C22H26F3NO2. The average molecular weight is 393 g/mol. The fourth-order valence-electron chi connectivity index (χ4n) is 3.58. The van der Waals surface area contributed by atoms with E-state index >= 15 is 0 Å². The van der Waals surface area contributed by atoms with Gasteiger partial charge in [0, 0.05) is 18.8 Å². The van der Waals surface area contributed by atoms with Crippen LogP contribution in [0.3, 0.4) is 0 Å². The van der Waals surface area contributed by atoms with Crippen LogP contribution in [-0.4, -0.2) is 26.1 Å². The third kappa shape index (κ3) is 6.66. The Morgan fingerprint density at radius 3 is 2.14 bits per heavy atom. The molecular weight excluding hydrogens is 367 g/mol. The lowest BCUT2D eigenvalue weighted by molar-refractivity contribution is -0.274. The van der Waals surface area contributed by atoms with Crippen LogP contribution in [0.5, 0.6) is 11.5 Å². The molecule has 1 fully saturated rings. The van der Waals surface area contributed by atoms with Crippen LogP contribution in [0.25, 0.3) is 0 Å². The van der Waals surface area contributed by atoms with E-state index < -0.39 is 6.36 Å². The van der Waals surface area contributed by atoms with Gasteiger partial charge in [-0.2, -0.15) is 0 Å². The van der Waals surface area contributed by atoms with Gasteiger partial charge in [0.2, 0.25) is 0 Å². The van der Waals surface area contributed by atoms with Crippen molar-refractivity contribution < 1.29 is 22.6 Å². The number of nitrogens with zero attached hydrogens (tertiary/aromatic N) is 1. The van der Waals surface area contributed by atoms with Crippen molar-refractivity contribution >= 4 is 5.69 Å². The molecule has 0 aromatic heterocycles. The van der Waals surface area contributed by atoms with Crippen molar-refractivity contribution in [3.8, 4) is 11.5 Å². The predicted molar refractivity (Wildman–Crippen MR) is 104 cm³/mol. The molecule has 0 amide bonds. The van der Waals surface area contributed by atoms with Gasteiger partial charge in [-0.05, 0) is 68.0 Å². The third-order valence-electron chi connectivity index (χ3n) is 5.07. The summed E-state index contributed by atoms with van der Waals surface area (Å²) >= 11 is 0. The van der Waals surface area contributed by atoms with E-state index in [-0.39, 0.29) is 5.75 Å². The number of piperidine rings is 1. The Morgan fingerprint density at radius 1 is 0.857 bits per heavy atom. The molecule has 2 aromatic carbocycles. The first kappa shape index (κ1) is 20.4. The normalized spacial score (nSPS) is 15.5. The molecule has 3 rings (SSSR count). The van der Waals surface area contributed by atoms with E-state index in [0.29, 0.717) is 12.4 Å². The number of para-hydroxylation sites is 1. The van der Waals surface area contributed by atoms with E-state index in [1.807, 2.05) is 6.07 Å². The molecule has 152 valence electrons. The molecule has 0 atom stereocenters. The maximum absolute atomic E-state index is 12.1. The van der Waals surface area contributed by atoms with E-state index in [1.165, 1.54) is 49.2 Å². The average Bonchev–Trinajstić information content (AvgIpc) is 2.69. The number of benzene rings is 2. The fourth-order valence-corrected chi connectivity index (χ4v) is 3.58. The Morgan fingerprint density at radius 2 is 1.50 bits per heavy atom. The number of rotatable bonds is 8. The maximum Gasteiger partial charge on any atom is 0.573 e. The molecule has 0 aliphatic carbocycles. The summed E-state index contributed by atoms with van der Waals surface area (Å²) in [6.45, 7) is 2.79. The summed E-state index contributed by atoms with van der Waals surface area (Å²) < 4.78 is 45.9. The minimum Gasteiger partial charge on any atom is -0.494 e. The van der Waals surface area contributed by atoms with Crippen LogP contribution in [0, 0.1) is 5.92 Å². The summed E-state index contributed by atoms with van der Waals surface area (Å²) in [7, 11) is 0. The van der Waals surface area contributed by atoms with Gasteiger partial charge in [-0.1, -0.05) is 24.6 Å². The first-order valence-electron chi connectivity index (χ1n) is 9.78. The smallest absolute Gasteiger partial charge is 0.494 e. The van der Waals surface area contributed by atoms with Gasteiger partial charge in [0.1, 0.15) is 11.5 Å². The van der Waals surface area contributed by atoms with Crippen molar-refractivity contribution in [2.24, 2.45) is 5.92 Å². The Balaban J connectivity index is 1.28. The molecule has 6 heteroatoms. The second kappa shape index (κ2) is 9.71. The van der Waals surface area contributed by atoms with Crippen LogP contribution in [-0.2, 0) is 0 Å². The first-order chi connectivity index (χ1) is 13.5. The van der Waals surface area contributed by atoms with Gasteiger partial charge in [0.05, 0.1) is 6.61 Å². The number of hydrogen-bond donors (Lipinski definition) is 0. The van der Waals surface area contributed by atoms with Gasteiger partial charge in [0.15, 0.2) is 0 Å². The molecule has 0 radical (unpaired) electrons. The van der Waals surface area contributed by atoms with Crippen molar-refractivity contribution in [3.63, 3.8) is 0 Å². The van der Waals surface area contributed by atoms with Crippen LogP contribution < -0.4 is 14.4 Å². The minimum atomic E-state index is -4.67. The van der Waals surface area contributed by atoms with E-state index in [9.17, 15) is 13.2 Å². The summed E-state index contributed by atoms with van der Waals surface area (Å²) in [4.78, 5) is 2.45. The lowest BCUT2D eigenvalue weighted by atomic mass is 9.91. The number of alkyl halides is 3. The third-order valence-corrected chi connectivity index (χ3v) is 5.07. The quantitative estimate of drug-likeness (QED) is 0.510. The number of ether oxygens (including phenoxy) is 2. The SMILES string of the molecule is FC(F)(F)Oc1ccc(OCCCCC2CCN(c3ccccc3)CC2)cc1. The van der Waals surface area contributed by atoms with Crippen LogP contribution in [0.4, 0.5) is 18.9 Å². The number of hydrogen-bond acceptors (Lipinski definition) is 3. The molecule has 28 heavy (non-hydrogen) atoms. The van der Waals surface area contributed by atoms with Crippen molar-refractivity contribution in [2.45, 2.75) is 38.5 Å². The lowest BCUT2D eigenvalue weighted by Crippen LogP contribution is -2.33. The van der Waals surface area contributed by atoms with Crippen molar-refractivity contribution in [1.29, 1.82) is 0 Å². The van der Waals surface area contributed by atoms with Crippen LogP contribution in [0.1, 0.15) is 32.1 Å². The summed E-state index contributed by atoms with van der Waals surface area (Å²) in [5, 5.41) is 0. The van der Waals surface area contributed by atoms with Crippen molar-refractivity contribution in [3.05, 3.63) is 54.6 Å². The van der Waals surface area contributed by atoms with E-state index in [4.69, 9.17) is 4.74 Å². The molecule has 0 N–H and O–H groups in total. The van der Waals surface area contributed by atoms with E-state index in [2.05, 4.69) is 33.9 Å². The maximum atomic E-state index is 12.1. The van der Waals surface area contributed by atoms with Crippen LogP contribution >= 0.6 is 0 Å². The molecule has 0 saturated carbocycles. The largest absolute Gasteiger partial charge is 0.573 e. The fraction of sp³-hybridized carbons (Fsp3) is 0.455. The second-order valence-corrected chi connectivity index (χ2v) is 7.13. The molecule has 0 spiro atoms. The minimum absolute atomic E-state index is 0.235. The molecule has 1 aliphatic heterocycles. The van der Waals surface area contributed by atoms with Gasteiger partial charge in [0.25, 0.3) is 0 Å². The van der Waals surface area contributed by atoms with E-state index in [0.717, 1.165) is 31.8 Å². The topological polar surface area (TPSA) is 21.7 Å². The van der Waals surface area contributed by atoms with Crippen LogP contribution in [0.15, 0.2) is 54.6 Å². The zero-order valence-electron chi connectivity index (χ0n) is 15.8. The second-order valence-electron chi connectivity index (χ2n) is 7.13. The summed E-state index contributed by atoms with van der Waals surface area (Å²) in [6.07, 6.45) is 1.02.